The number of nitrogens with one attached hydrogen (secondary N) is 1. The zero-order valence-corrected chi connectivity index (χ0v) is 11.3. The minimum atomic E-state index is -0.519. The van der Waals surface area contributed by atoms with Crippen LogP contribution in [0.1, 0.15) is 19.8 Å². The second kappa shape index (κ2) is 5.73. The minimum absolute atomic E-state index is 0.0726. The van der Waals surface area contributed by atoms with Crippen LogP contribution < -0.4 is 15.6 Å². The monoisotopic (exact) mass is 278 g/mol. The molecule has 0 atom stereocenters. The molecule has 1 aromatic heterocycles. The van der Waals surface area contributed by atoms with Gasteiger partial charge in [0.15, 0.2) is 0 Å². The summed E-state index contributed by atoms with van der Waals surface area (Å²) in [6.45, 7) is 1.86. The third-order valence-corrected chi connectivity index (χ3v) is 2.88. The first-order valence-corrected chi connectivity index (χ1v) is 6.26. The number of rotatable bonds is 4. The van der Waals surface area contributed by atoms with Crippen LogP contribution in [0, 0.1) is 5.82 Å². The van der Waals surface area contributed by atoms with E-state index in [-0.39, 0.29) is 17.0 Å². The summed E-state index contributed by atoms with van der Waals surface area (Å²) in [5.74, 6) is -0.780. The quantitative estimate of drug-likeness (QED) is 0.929. The molecule has 1 aromatic carbocycles. The summed E-state index contributed by atoms with van der Waals surface area (Å²) >= 11 is 0. The van der Waals surface area contributed by atoms with Crippen LogP contribution >= 0.6 is 0 Å². The number of halogens is 1. The maximum absolute atomic E-state index is 13.3. The lowest BCUT2D eigenvalue weighted by Gasteiger charge is -2.12. The van der Waals surface area contributed by atoms with Gasteiger partial charge in [0, 0.05) is 6.42 Å². The van der Waals surface area contributed by atoms with E-state index in [4.69, 9.17) is 4.84 Å². The van der Waals surface area contributed by atoms with Gasteiger partial charge in [-0.15, -0.1) is 0 Å². The molecule has 2 rings (SSSR count). The van der Waals surface area contributed by atoms with E-state index in [1.54, 1.807) is 0 Å². The molecule has 1 N–H and O–H groups in total. The van der Waals surface area contributed by atoms with E-state index in [9.17, 15) is 14.0 Å². The second-order valence-electron chi connectivity index (χ2n) is 4.34. The Morgan fingerprint density at radius 2 is 2.20 bits per heavy atom. The molecule has 0 unspecified atom stereocenters. The maximum Gasteiger partial charge on any atom is 0.224 e. The summed E-state index contributed by atoms with van der Waals surface area (Å²) in [7, 11) is 1.42. The van der Waals surface area contributed by atoms with Gasteiger partial charge in [-0.05, 0) is 24.6 Å². The van der Waals surface area contributed by atoms with Gasteiger partial charge in [-0.1, -0.05) is 6.92 Å². The fraction of sp³-hybridized carbons (Fsp3) is 0.286. The van der Waals surface area contributed by atoms with Crippen molar-refractivity contribution in [2.24, 2.45) is 0 Å². The topological polar surface area (TPSA) is 60.3 Å². The van der Waals surface area contributed by atoms with Crippen molar-refractivity contribution in [2.45, 2.75) is 19.8 Å². The highest BCUT2D eigenvalue weighted by Crippen LogP contribution is 2.15. The van der Waals surface area contributed by atoms with Crippen molar-refractivity contribution in [3.63, 3.8) is 0 Å². The number of nitrogens with zero attached hydrogens (tertiary/aromatic N) is 1. The highest BCUT2D eigenvalue weighted by atomic mass is 19.1. The number of pyridine rings is 1. The maximum atomic E-state index is 13.3. The SMILES string of the molecule is CCCC(=O)Nc1cn(OC)c2ccc(F)cc2c1=O. The molecule has 2 aromatic rings. The number of hydrogen-bond donors (Lipinski definition) is 1. The molecule has 5 nitrogen and oxygen atoms in total. The van der Waals surface area contributed by atoms with Gasteiger partial charge in [0.25, 0.3) is 0 Å². The molecular formula is C14H15FN2O3. The fourth-order valence-electron chi connectivity index (χ4n) is 1.95. The van der Waals surface area contributed by atoms with E-state index in [1.165, 1.54) is 30.2 Å². The molecule has 0 saturated heterocycles. The average molecular weight is 278 g/mol. The van der Waals surface area contributed by atoms with Crippen LogP contribution in [0.2, 0.25) is 0 Å². The van der Waals surface area contributed by atoms with Gasteiger partial charge in [-0.25, -0.2) is 4.39 Å². The molecule has 0 spiro atoms. The molecule has 0 aliphatic heterocycles. The van der Waals surface area contributed by atoms with E-state index in [0.29, 0.717) is 18.4 Å². The summed E-state index contributed by atoms with van der Waals surface area (Å²) in [6.07, 6.45) is 2.37. The van der Waals surface area contributed by atoms with Crippen LogP contribution in [0.5, 0.6) is 0 Å². The van der Waals surface area contributed by atoms with E-state index in [2.05, 4.69) is 5.32 Å². The van der Waals surface area contributed by atoms with Gasteiger partial charge in [-0.2, -0.15) is 4.73 Å². The average Bonchev–Trinajstić information content (AvgIpc) is 2.42. The molecule has 6 heteroatoms. The van der Waals surface area contributed by atoms with E-state index in [1.807, 2.05) is 6.92 Å². The first kappa shape index (κ1) is 14.0. The number of fused-ring (bicyclic) bond motifs is 1. The molecule has 0 bridgehead atoms. The van der Waals surface area contributed by atoms with Crippen molar-refractivity contribution in [1.82, 2.24) is 4.73 Å². The molecule has 0 aliphatic carbocycles. The molecule has 0 fully saturated rings. The Morgan fingerprint density at radius 3 is 2.85 bits per heavy atom. The summed E-state index contributed by atoms with van der Waals surface area (Å²) in [5.41, 5.74) is 0.0769. The van der Waals surface area contributed by atoms with Crippen LogP contribution in [0.3, 0.4) is 0 Å². The normalized spacial score (nSPS) is 10.6. The van der Waals surface area contributed by atoms with E-state index >= 15 is 0 Å². The number of carbonyl (C=O) groups excluding carboxylic acids is 1. The lowest BCUT2D eigenvalue weighted by Crippen LogP contribution is -2.21. The number of aromatic nitrogens is 1. The third-order valence-electron chi connectivity index (χ3n) is 2.88. The Morgan fingerprint density at radius 1 is 1.45 bits per heavy atom. The highest BCUT2D eigenvalue weighted by Gasteiger charge is 2.12. The fourth-order valence-corrected chi connectivity index (χ4v) is 1.95. The minimum Gasteiger partial charge on any atom is -0.417 e. The van der Waals surface area contributed by atoms with Crippen LogP contribution in [0.25, 0.3) is 10.9 Å². The summed E-state index contributed by atoms with van der Waals surface area (Å²) in [6, 6.07) is 3.82. The Balaban J connectivity index is 2.59. The van der Waals surface area contributed by atoms with Gasteiger partial charge in [-0.3, -0.25) is 9.59 Å². The molecule has 1 amide bonds. The number of carbonyl (C=O) groups is 1. The molecule has 0 saturated carbocycles. The van der Waals surface area contributed by atoms with Crippen LogP contribution in [-0.2, 0) is 4.79 Å². The Bertz CT molecular complexity index is 709. The molecule has 0 radical (unpaired) electrons. The zero-order chi connectivity index (χ0) is 14.7. The van der Waals surface area contributed by atoms with Crippen LogP contribution in [0.15, 0.2) is 29.2 Å². The number of anilines is 1. The standard InChI is InChI=1S/C14H15FN2O3/c1-3-4-13(18)16-11-8-17(20-2)12-6-5-9(15)7-10(12)14(11)19/h5-8H,3-4H2,1-2H3,(H,16,18). The van der Waals surface area contributed by atoms with Gasteiger partial charge in [0.2, 0.25) is 11.3 Å². The number of hydrogen-bond acceptors (Lipinski definition) is 3. The molecule has 20 heavy (non-hydrogen) atoms. The van der Waals surface area contributed by atoms with E-state index < -0.39 is 11.2 Å². The van der Waals surface area contributed by atoms with Crippen LogP contribution in [0.4, 0.5) is 10.1 Å². The lowest BCUT2D eigenvalue weighted by molar-refractivity contribution is -0.116. The lowest BCUT2D eigenvalue weighted by atomic mass is 10.2. The van der Waals surface area contributed by atoms with Crippen molar-refractivity contribution >= 4 is 22.5 Å². The molecule has 106 valence electrons. The van der Waals surface area contributed by atoms with Gasteiger partial charge in [0.05, 0.1) is 17.1 Å². The largest absolute Gasteiger partial charge is 0.417 e. The summed E-state index contributed by atoms with van der Waals surface area (Å²) in [5, 5.41) is 2.68. The van der Waals surface area contributed by atoms with Crippen molar-refractivity contribution in [3.8, 4) is 0 Å². The first-order chi connectivity index (χ1) is 9.56. The first-order valence-electron chi connectivity index (χ1n) is 6.26. The number of benzene rings is 1. The third kappa shape index (κ3) is 2.64. The molecule has 0 aliphatic rings. The number of amides is 1. The zero-order valence-electron chi connectivity index (χ0n) is 11.3. The summed E-state index contributed by atoms with van der Waals surface area (Å²) in [4.78, 5) is 28.9. The predicted molar refractivity (Wildman–Crippen MR) is 74.2 cm³/mol. The Labute approximate surface area is 114 Å². The van der Waals surface area contributed by atoms with Crippen molar-refractivity contribution < 1.29 is 14.0 Å². The van der Waals surface area contributed by atoms with Crippen molar-refractivity contribution in [1.29, 1.82) is 0 Å². The van der Waals surface area contributed by atoms with Crippen molar-refractivity contribution in [2.75, 3.05) is 12.4 Å². The second-order valence-corrected chi connectivity index (χ2v) is 4.34. The smallest absolute Gasteiger partial charge is 0.224 e. The van der Waals surface area contributed by atoms with Gasteiger partial charge in [0.1, 0.15) is 18.6 Å². The predicted octanol–water partition coefficient (Wildman–Crippen LogP) is 1.94. The Hall–Kier alpha value is -2.37. The highest BCUT2D eigenvalue weighted by molar-refractivity contribution is 5.93. The molecule has 1 heterocycles. The van der Waals surface area contributed by atoms with Gasteiger partial charge < -0.3 is 10.2 Å². The van der Waals surface area contributed by atoms with Gasteiger partial charge >= 0.3 is 0 Å². The van der Waals surface area contributed by atoms with E-state index in [0.717, 1.165) is 6.07 Å². The molecular weight excluding hydrogens is 263 g/mol. The summed E-state index contributed by atoms with van der Waals surface area (Å²) < 4.78 is 14.6. The van der Waals surface area contributed by atoms with Crippen LogP contribution in [-0.4, -0.2) is 17.7 Å². The van der Waals surface area contributed by atoms with Crippen molar-refractivity contribution in [3.05, 3.63) is 40.4 Å². The Kier molecular flexibility index (Phi) is 4.02.